The smallest absolute Gasteiger partial charge is 0.293 e. The van der Waals surface area contributed by atoms with Crippen molar-refractivity contribution in [2.45, 2.75) is 11.3 Å². The molecule has 9 nitrogen and oxygen atoms in total. The number of nitrogens with two attached hydrogens (primary N) is 1. The molecule has 138 valence electrons. The Labute approximate surface area is 157 Å². The lowest BCUT2D eigenvalue weighted by Gasteiger charge is -2.09. The van der Waals surface area contributed by atoms with E-state index in [0.717, 1.165) is 16.6 Å². The molecule has 0 atom stereocenters. The number of hydrogen-bond donors (Lipinski definition) is 3. The van der Waals surface area contributed by atoms with Crippen LogP contribution in [0.3, 0.4) is 0 Å². The minimum atomic E-state index is -4.05. The maximum atomic E-state index is 11.9. The molecule has 0 aliphatic heterocycles. The van der Waals surface area contributed by atoms with Gasteiger partial charge in [0.25, 0.3) is 5.69 Å². The standard InChI is InChI=1S/C15H15BrN4O5S/c16-10-2-1-3-11(8-10)19-15(21)6-7-18-13-5-4-12(26(17,24)25)9-14(13)20(22)23/h1-5,8-9,18H,6-7H2,(H,19,21)(H2,17,24,25). The Hall–Kier alpha value is -2.50. The number of anilines is 2. The first kappa shape index (κ1) is 19.8. The molecular weight excluding hydrogens is 428 g/mol. The summed E-state index contributed by atoms with van der Waals surface area (Å²) in [7, 11) is -4.05. The third-order valence-corrected chi connectivity index (χ3v) is 4.67. The molecule has 2 rings (SSSR count). The summed E-state index contributed by atoms with van der Waals surface area (Å²) >= 11 is 3.30. The molecule has 26 heavy (non-hydrogen) atoms. The van der Waals surface area contributed by atoms with Gasteiger partial charge in [-0.1, -0.05) is 22.0 Å². The molecule has 0 aliphatic carbocycles. The van der Waals surface area contributed by atoms with Gasteiger partial charge >= 0.3 is 0 Å². The van der Waals surface area contributed by atoms with Gasteiger partial charge in [-0.2, -0.15) is 0 Å². The lowest BCUT2D eigenvalue weighted by Crippen LogP contribution is -2.17. The normalized spacial score (nSPS) is 11.0. The second-order valence-electron chi connectivity index (χ2n) is 5.22. The molecule has 0 saturated heterocycles. The average molecular weight is 443 g/mol. The minimum absolute atomic E-state index is 0.0562. The van der Waals surface area contributed by atoms with Gasteiger partial charge in [0.05, 0.1) is 9.82 Å². The van der Waals surface area contributed by atoms with Crippen molar-refractivity contribution in [1.82, 2.24) is 0 Å². The summed E-state index contributed by atoms with van der Waals surface area (Å²) in [6.07, 6.45) is 0.0562. The predicted octanol–water partition coefficient (Wildman–Crippen LogP) is 2.45. The number of benzene rings is 2. The van der Waals surface area contributed by atoms with E-state index in [0.29, 0.717) is 5.69 Å². The van der Waals surface area contributed by atoms with Crippen LogP contribution < -0.4 is 15.8 Å². The van der Waals surface area contributed by atoms with Crippen LogP contribution in [0.5, 0.6) is 0 Å². The first-order valence-corrected chi connectivity index (χ1v) is 9.61. The summed E-state index contributed by atoms with van der Waals surface area (Å²) in [5, 5.41) is 21.5. The molecule has 0 radical (unpaired) electrons. The van der Waals surface area contributed by atoms with Crippen LogP contribution >= 0.6 is 15.9 Å². The molecule has 2 aromatic carbocycles. The monoisotopic (exact) mass is 442 g/mol. The first-order valence-electron chi connectivity index (χ1n) is 7.27. The van der Waals surface area contributed by atoms with Gasteiger partial charge in [-0.3, -0.25) is 14.9 Å². The fourth-order valence-corrected chi connectivity index (χ4v) is 3.02. The molecule has 0 heterocycles. The Bertz CT molecular complexity index is 949. The number of amides is 1. The number of halogens is 1. The molecule has 0 aromatic heterocycles. The molecule has 0 bridgehead atoms. The van der Waals surface area contributed by atoms with Crippen molar-refractivity contribution in [2.75, 3.05) is 17.2 Å². The van der Waals surface area contributed by atoms with Crippen LogP contribution in [0.25, 0.3) is 0 Å². The van der Waals surface area contributed by atoms with Gasteiger partial charge in [0.2, 0.25) is 15.9 Å². The van der Waals surface area contributed by atoms with Crippen molar-refractivity contribution < 1.29 is 18.1 Å². The number of nitro groups is 1. The number of nitrogens with one attached hydrogen (secondary N) is 2. The highest BCUT2D eigenvalue weighted by Crippen LogP contribution is 2.27. The summed E-state index contributed by atoms with van der Waals surface area (Å²) < 4.78 is 23.4. The molecule has 0 fully saturated rings. The van der Waals surface area contributed by atoms with Crippen molar-refractivity contribution in [1.29, 1.82) is 0 Å². The molecule has 0 unspecified atom stereocenters. The maximum Gasteiger partial charge on any atom is 0.293 e. The number of nitro benzene ring substituents is 1. The van der Waals surface area contributed by atoms with Crippen LogP contribution in [0, 0.1) is 10.1 Å². The topological polar surface area (TPSA) is 144 Å². The van der Waals surface area contributed by atoms with E-state index >= 15 is 0 Å². The van der Waals surface area contributed by atoms with E-state index in [2.05, 4.69) is 26.6 Å². The molecule has 0 aliphatic rings. The summed E-state index contributed by atoms with van der Waals surface area (Å²) in [4.78, 5) is 22.0. The molecule has 0 spiro atoms. The minimum Gasteiger partial charge on any atom is -0.379 e. The van der Waals surface area contributed by atoms with Crippen LogP contribution in [0.4, 0.5) is 17.1 Å². The second kappa shape index (κ2) is 8.25. The third-order valence-electron chi connectivity index (χ3n) is 3.27. The number of nitrogens with zero attached hydrogens (tertiary/aromatic N) is 1. The van der Waals surface area contributed by atoms with Gasteiger partial charge in [-0.05, 0) is 30.3 Å². The Kier molecular flexibility index (Phi) is 6.29. The molecule has 1 amide bonds. The highest BCUT2D eigenvalue weighted by atomic mass is 79.9. The van der Waals surface area contributed by atoms with Crippen LogP contribution in [-0.4, -0.2) is 25.8 Å². The Morgan fingerprint density at radius 1 is 1.23 bits per heavy atom. The summed E-state index contributed by atoms with van der Waals surface area (Å²) in [6, 6.07) is 10.3. The lowest BCUT2D eigenvalue weighted by molar-refractivity contribution is -0.384. The van der Waals surface area contributed by atoms with E-state index in [4.69, 9.17) is 5.14 Å². The van der Waals surface area contributed by atoms with Gasteiger partial charge in [0.15, 0.2) is 0 Å². The van der Waals surface area contributed by atoms with Gasteiger partial charge in [-0.15, -0.1) is 0 Å². The number of carbonyl (C=O) groups is 1. The Balaban J connectivity index is 2.00. The number of carbonyl (C=O) groups excluding carboxylic acids is 1. The molecule has 11 heteroatoms. The zero-order chi connectivity index (χ0) is 19.3. The second-order valence-corrected chi connectivity index (χ2v) is 7.69. The Morgan fingerprint density at radius 3 is 2.58 bits per heavy atom. The zero-order valence-electron chi connectivity index (χ0n) is 13.3. The molecule has 0 saturated carbocycles. The van der Waals surface area contributed by atoms with Gasteiger partial charge in [-0.25, -0.2) is 13.6 Å². The van der Waals surface area contributed by atoms with E-state index < -0.39 is 20.6 Å². The largest absolute Gasteiger partial charge is 0.379 e. The van der Waals surface area contributed by atoms with Crippen LogP contribution in [0.1, 0.15) is 6.42 Å². The van der Waals surface area contributed by atoms with E-state index in [1.807, 2.05) is 6.07 Å². The van der Waals surface area contributed by atoms with E-state index in [1.165, 1.54) is 6.07 Å². The van der Waals surface area contributed by atoms with Gasteiger partial charge < -0.3 is 10.6 Å². The summed E-state index contributed by atoms with van der Waals surface area (Å²) in [6.45, 7) is 0.120. The van der Waals surface area contributed by atoms with E-state index in [1.54, 1.807) is 18.2 Å². The summed E-state index contributed by atoms with van der Waals surface area (Å²) in [5.74, 6) is -0.278. The Morgan fingerprint density at radius 2 is 1.96 bits per heavy atom. The lowest BCUT2D eigenvalue weighted by atomic mass is 10.2. The maximum absolute atomic E-state index is 11.9. The number of sulfonamides is 1. The number of hydrogen-bond acceptors (Lipinski definition) is 6. The molecule has 2 aromatic rings. The predicted molar refractivity (Wildman–Crippen MR) is 100 cm³/mol. The summed E-state index contributed by atoms with van der Waals surface area (Å²) in [5.41, 5.74) is 0.273. The highest BCUT2D eigenvalue weighted by Gasteiger charge is 2.19. The van der Waals surface area contributed by atoms with E-state index in [-0.39, 0.29) is 29.5 Å². The van der Waals surface area contributed by atoms with Crippen LogP contribution in [0.2, 0.25) is 0 Å². The average Bonchev–Trinajstić information content (AvgIpc) is 2.53. The van der Waals surface area contributed by atoms with Crippen molar-refractivity contribution in [3.63, 3.8) is 0 Å². The fourth-order valence-electron chi connectivity index (χ4n) is 2.09. The SMILES string of the molecule is NS(=O)(=O)c1ccc(NCCC(=O)Nc2cccc(Br)c2)c([N+](=O)[O-])c1. The van der Waals surface area contributed by atoms with Crippen molar-refractivity contribution in [2.24, 2.45) is 5.14 Å². The number of rotatable bonds is 7. The van der Waals surface area contributed by atoms with Crippen molar-refractivity contribution in [3.8, 4) is 0 Å². The molecule has 4 N–H and O–H groups in total. The highest BCUT2D eigenvalue weighted by molar-refractivity contribution is 9.10. The quantitative estimate of drug-likeness (QED) is 0.443. The fraction of sp³-hybridized carbons (Fsp3) is 0.133. The third kappa shape index (κ3) is 5.51. The van der Waals surface area contributed by atoms with Crippen LogP contribution in [0.15, 0.2) is 51.8 Å². The van der Waals surface area contributed by atoms with Gasteiger partial charge in [0.1, 0.15) is 5.69 Å². The van der Waals surface area contributed by atoms with E-state index in [9.17, 15) is 23.3 Å². The first-order chi connectivity index (χ1) is 12.2. The van der Waals surface area contributed by atoms with Crippen LogP contribution in [-0.2, 0) is 14.8 Å². The molecular formula is C15H15BrN4O5S. The van der Waals surface area contributed by atoms with Crippen molar-refractivity contribution >= 4 is 48.9 Å². The van der Waals surface area contributed by atoms with Crippen molar-refractivity contribution in [3.05, 3.63) is 57.1 Å². The number of primary sulfonamides is 1. The van der Waals surface area contributed by atoms with Gasteiger partial charge in [0, 0.05) is 29.2 Å². The zero-order valence-corrected chi connectivity index (χ0v) is 15.7.